The van der Waals surface area contributed by atoms with Crippen molar-refractivity contribution in [3.05, 3.63) is 90.8 Å². The molecule has 0 spiro atoms. The Balaban J connectivity index is 1.65. The summed E-state index contributed by atoms with van der Waals surface area (Å²) in [6, 6.07) is 23.5. The normalized spacial score (nSPS) is 10.6. The number of pyridine rings is 1. The smallest absolute Gasteiger partial charge is 0.153 e. The van der Waals surface area contributed by atoms with E-state index in [1.54, 1.807) is 18.0 Å². The summed E-state index contributed by atoms with van der Waals surface area (Å²) in [5, 5.41) is 4.66. The summed E-state index contributed by atoms with van der Waals surface area (Å²) in [6.45, 7) is 0.487. The van der Waals surface area contributed by atoms with Crippen molar-refractivity contribution in [3.8, 4) is 28.6 Å². The van der Waals surface area contributed by atoms with Crippen molar-refractivity contribution in [2.75, 3.05) is 7.11 Å². The number of aromatic nitrogens is 3. The fourth-order valence-corrected chi connectivity index (χ4v) is 2.78. The summed E-state index contributed by atoms with van der Waals surface area (Å²) in [6.07, 6.45) is 3.63. The van der Waals surface area contributed by atoms with Crippen LogP contribution in [0.3, 0.4) is 0 Å². The van der Waals surface area contributed by atoms with Crippen LogP contribution in [0.25, 0.3) is 17.1 Å². The van der Waals surface area contributed by atoms with Crippen LogP contribution >= 0.6 is 0 Å². The average molecular weight is 357 g/mol. The van der Waals surface area contributed by atoms with E-state index in [1.807, 2.05) is 79.0 Å². The monoisotopic (exact) mass is 357 g/mol. The molecule has 0 saturated carbocycles. The Morgan fingerprint density at radius 3 is 2.56 bits per heavy atom. The maximum absolute atomic E-state index is 6.07. The number of nitrogens with zero attached hydrogens (tertiary/aromatic N) is 3. The van der Waals surface area contributed by atoms with Crippen LogP contribution in [0.1, 0.15) is 5.56 Å². The zero-order chi connectivity index (χ0) is 18.5. The standard InChI is InChI=1S/C22H19N3O2/c1-26-18-10-11-21(27-16-17-7-3-2-4-8-17)19(15-18)20-12-14-25(24-20)22-9-5-6-13-23-22/h2-15H,16H2,1H3. The van der Waals surface area contributed by atoms with Gasteiger partial charge in [-0.3, -0.25) is 0 Å². The van der Waals surface area contributed by atoms with Crippen LogP contribution in [0.2, 0.25) is 0 Å². The fraction of sp³-hybridized carbons (Fsp3) is 0.0909. The summed E-state index contributed by atoms with van der Waals surface area (Å²) >= 11 is 0. The van der Waals surface area contributed by atoms with Crippen LogP contribution in [0.4, 0.5) is 0 Å². The van der Waals surface area contributed by atoms with Gasteiger partial charge in [-0.05, 0) is 42.0 Å². The van der Waals surface area contributed by atoms with E-state index in [0.29, 0.717) is 6.61 Å². The topological polar surface area (TPSA) is 49.2 Å². The lowest BCUT2D eigenvalue weighted by molar-refractivity contribution is 0.306. The molecule has 5 nitrogen and oxygen atoms in total. The third kappa shape index (κ3) is 3.82. The lowest BCUT2D eigenvalue weighted by Gasteiger charge is -2.12. The zero-order valence-corrected chi connectivity index (χ0v) is 14.9. The SMILES string of the molecule is COc1ccc(OCc2ccccc2)c(-c2ccn(-c3ccccn3)n2)c1. The van der Waals surface area contributed by atoms with Crippen molar-refractivity contribution in [2.45, 2.75) is 6.61 Å². The second kappa shape index (κ2) is 7.74. The first-order chi connectivity index (χ1) is 13.3. The van der Waals surface area contributed by atoms with Gasteiger partial charge in [-0.2, -0.15) is 5.10 Å². The molecule has 0 aliphatic carbocycles. The van der Waals surface area contributed by atoms with E-state index < -0.39 is 0 Å². The Bertz CT molecular complexity index is 1010. The highest BCUT2D eigenvalue weighted by Crippen LogP contribution is 2.33. The van der Waals surface area contributed by atoms with Gasteiger partial charge in [-0.25, -0.2) is 9.67 Å². The van der Waals surface area contributed by atoms with E-state index in [-0.39, 0.29) is 0 Å². The molecule has 0 saturated heterocycles. The minimum atomic E-state index is 0.487. The molecule has 0 bridgehead atoms. The molecule has 0 radical (unpaired) electrons. The number of rotatable bonds is 6. The van der Waals surface area contributed by atoms with E-state index in [0.717, 1.165) is 34.1 Å². The second-order valence-corrected chi connectivity index (χ2v) is 5.97. The summed E-state index contributed by atoms with van der Waals surface area (Å²) in [7, 11) is 1.65. The Kier molecular flexibility index (Phi) is 4.83. The van der Waals surface area contributed by atoms with E-state index >= 15 is 0 Å². The molecular formula is C22H19N3O2. The average Bonchev–Trinajstić information content (AvgIpc) is 3.24. The van der Waals surface area contributed by atoms with Gasteiger partial charge in [0.1, 0.15) is 18.1 Å². The lowest BCUT2D eigenvalue weighted by Crippen LogP contribution is -1.99. The quantitative estimate of drug-likeness (QED) is 0.509. The van der Waals surface area contributed by atoms with Crippen molar-refractivity contribution < 1.29 is 9.47 Å². The predicted molar refractivity (Wildman–Crippen MR) is 104 cm³/mol. The Morgan fingerprint density at radius 1 is 0.926 bits per heavy atom. The van der Waals surface area contributed by atoms with Gasteiger partial charge in [0.05, 0.1) is 12.8 Å². The molecule has 2 heterocycles. The van der Waals surface area contributed by atoms with Crippen LogP contribution in [-0.4, -0.2) is 21.9 Å². The molecule has 4 rings (SSSR count). The molecule has 0 aliphatic heterocycles. The minimum Gasteiger partial charge on any atom is -0.497 e. The Labute approximate surface area is 157 Å². The summed E-state index contributed by atoms with van der Waals surface area (Å²) in [4.78, 5) is 4.33. The molecule has 0 amide bonds. The first kappa shape index (κ1) is 16.8. The van der Waals surface area contributed by atoms with E-state index in [9.17, 15) is 0 Å². The summed E-state index contributed by atoms with van der Waals surface area (Å²) in [5.41, 5.74) is 2.78. The summed E-state index contributed by atoms with van der Waals surface area (Å²) < 4.78 is 13.2. The first-order valence-electron chi connectivity index (χ1n) is 8.66. The molecule has 0 N–H and O–H groups in total. The highest BCUT2D eigenvalue weighted by molar-refractivity contribution is 5.69. The Morgan fingerprint density at radius 2 is 1.78 bits per heavy atom. The van der Waals surface area contributed by atoms with Gasteiger partial charge in [0, 0.05) is 18.0 Å². The zero-order valence-electron chi connectivity index (χ0n) is 14.9. The first-order valence-corrected chi connectivity index (χ1v) is 8.66. The van der Waals surface area contributed by atoms with Gasteiger partial charge in [0.2, 0.25) is 0 Å². The van der Waals surface area contributed by atoms with Crippen molar-refractivity contribution >= 4 is 0 Å². The van der Waals surface area contributed by atoms with Crippen LogP contribution in [0.5, 0.6) is 11.5 Å². The molecule has 2 aromatic heterocycles. The third-order valence-electron chi connectivity index (χ3n) is 4.17. The third-order valence-corrected chi connectivity index (χ3v) is 4.17. The minimum absolute atomic E-state index is 0.487. The van der Waals surface area contributed by atoms with Crippen molar-refractivity contribution in [3.63, 3.8) is 0 Å². The fourth-order valence-electron chi connectivity index (χ4n) is 2.78. The highest BCUT2D eigenvalue weighted by Gasteiger charge is 2.12. The van der Waals surface area contributed by atoms with Crippen molar-refractivity contribution in [1.82, 2.24) is 14.8 Å². The van der Waals surface area contributed by atoms with E-state index in [2.05, 4.69) is 10.1 Å². The number of hydrogen-bond donors (Lipinski definition) is 0. The predicted octanol–water partition coefficient (Wildman–Crippen LogP) is 4.52. The van der Waals surface area contributed by atoms with Crippen LogP contribution in [0, 0.1) is 0 Å². The van der Waals surface area contributed by atoms with Gasteiger partial charge < -0.3 is 9.47 Å². The van der Waals surface area contributed by atoms with E-state index in [4.69, 9.17) is 9.47 Å². The highest BCUT2D eigenvalue weighted by atomic mass is 16.5. The molecule has 0 unspecified atom stereocenters. The largest absolute Gasteiger partial charge is 0.497 e. The Hall–Kier alpha value is -3.60. The van der Waals surface area contributed by atoms with Gasteiger partial charge in [0.15, 0.2) is 5.82 Å². The van der Waals surface area contributed by atoms with Crippen LogP contribution in [-0.2, 0) is 6.61 Å². The molecule has 134 valence electrons. The maximum atomic E-state index is 6.07. The molecule has 27 heavy (non-hydrogen) atoms. The molecule has 4 aromatic rings. The molecule has 0 atom stereocenters. The number of benzene rings is 2. The summed E-state index contributed by atoms with van der Waals surface area (Å²) in [5.74, 6) is 2.27. The number of ether oxygens (including phenoxy) is 2. The molecule has 5 heteroatoms. The number of hydrogen-bond acceptors (Lipinski definition) is 4. The molecule has 0 fully saturated rings. The number of methoxy groups -OCH3 is 1. The molecule has 2 aromatic carbocycles. The molecule has 0 aliphatic rings. The lowest BCUT2D eigenvalue weighted by atomic mass is 10.1. The van der Waals surface area contributed by atoms with Gasteiger partial charge in [0.25, 0.3) is 0 Å². The van der Waals surface area contributed by atoms with Crippen molar-refractivity contribution in [2.24, 2.45) is 0 Å². The van der Waals surface area contributed by atoms with E-state index in [1.165, 1.54) is 0 Å². The van der Waals surface area contributed by atoms with Crippen molar-refractivity contribution in [1.29, 1.82) is 0 Å². The van der Waals surface area contributed by atoms with Crippen LogP contribution < -0.4 is 9.47 Å². The van der Waals surface area contributed by atoms with Gasteiger partial charge in [-0.1, -0.05) is 36.4 Å². The molecular weight excluding hydrogens is 338 g/mol. The second-order valence-electron chi connectivity index (χ2n) is 5.97. The van der Waals surface area contributed by atoms with Gasteiger partial charge >= 0.3 is 0 Å². The van der Waals surface area contributed by atoms with Crippen LogP contribution in [0.15, 0.2) is 85.2 Å². The van der Waals surface area contributed by atoms with Gasteiger partial charge in [-0.15, -0.1) is 0 Å². The maximum Gasteiger partial charge on any atom is 0.153 e.